The molecule has 0 atom stereocenters. The normalized spacial score (nSPS) is 11.8. The number of halogens is 1. The lowest BCUT2D eigenvalue weighted by molar-refractivity contribution is 0.342. The minimum absolute atomic E-state index is 0.283. The molecule has 0 saturated heterocycles. The van der Waals surface area contributed by atoms with Crippen LogP contribution in [-0.4, -0.2) is 16.7 Å². The van der Waals surface area contributed by atoms with Gasteiger partial charge >= 0.3 is 0 Å². The highest BCUT2D eigenvalue weighted by atomic mass is 32.1. The van der Waals surface area contributed by atoms with Gasteiger partial charge in [-0.05, 0) is 40.8 Å². The Labute approximate surface area is 96.7 Å². The van der Waals surface area contributed by atoms with Crippen LogP contribution in [0.2, 0.25) is 0 Å². The summed E-state index contributed by atoms with van der Waals surface area (Å²) in [5.41, 5.74) is 1.97. The van der Waals surface area contributed by atoms with E-state index in [1.807, 2.05) is 17.5 Å². The Kier molecular flexibility index (Phi) is 3.44. The van der Waals surface area contributed by atoms with Gasteiger partial charge in [0.05, 0.1) is 11.5 Å². The van der Waals surface area contributed by atoms with Gasteiger partial charge in [0.1, 0.15) is 5.83 Å². The first-order valence-corrected chi connectivity index (χ1v) is 5.65. The number of nitrogens with zero attached hydrogens (tertiary/aromatic N) is 1. The highest BCUT2D eigenvalue weighted by Crippen LogP contribution is 2.29. The summed E-state index contributed by atoms with van der Waals surface area (Å²) in [4.78, 5) is 4.46. The molecule has 0 aromatic carbocycles. The number of aliphatic hydroxyl groups excluding tert-OH is 1. The molecule has 0 aliphatic rings. The summed E-state index contributed by atoms with van der Waals surface area (Å²) < 4.78 is 13.4. The molecule has 0 aliphatic heterocycles. The van der Waals surface area contributed by atoms with Crippen molar-refractivity contribution in [1.82, 2.24) is 4.98 Å². The maximum Gasteiger partial charge on any atom is 0.138 e. The standard InChI is InChI=1S/C12H10FNOS/c13-11(3-6-15)12-7-10(8-16-12)9-1-4-14-5-2-9/h1-5,7-8,15H,6H2/b11-3+. The van der Waals surface area contributed by atoms with Crippen LogP contribution in [0.4, 0.5) is 4.39 Å². The molecule has 0 saturated carbocycles. The van der Waals surface area contributed by atoms with Crippen molar-refractivity contribution in [3.8, 4) is 11.1 Å². The molecule has 2 rings (SSSR count). The fraction of sp³-hybridized carbons (Fsp3) is 0.0833. The van der Waals surface area contributed by atoms with Crippen LogP contribution in [0.25, 0.3) is 17.0 Å². The quantitative estimate of drug-likeness (QED) is 0.886. The fourth-order valence-electron chi connectivity index (χ4n) is 1.34. The Morgan fingerprint density at radius 3 is 2.81 bits per heavy atom. The van der Waals surface area contributed by atoms with Crippen molar-refractivity contribution in [2.24, 2.45) is 0 Å². The second-order valence-electron chi connectivity index (χ2n) is 3.17. The van der Waals surface area contributed by atoms with Crippen molar-refractivity contribution >= 4 is 17.2 Å². The van der Waals surface area contributed by atoms with Gasteiger partial charge in [-0.2, -0.15) is 0 Å². The highest BCUT2D eigenvalue weighted by Gasteiger charge is 2.05. The minimum Gasteiger partial charge on any atom is -0.392 e. The van der Waals surface area contributed by atoms with Crippen LogP contribution >= 0.6 is 11.3 Å². The van der Waals surface area contributed by atoms with Gasteiger partial charge in [0.15, 0.2) is 0 Å². The molecule has 0 fully saturated rings. The van der Waals surface area contributed by atoms with E-state index >= 15 is 0 Å². The van der Waals surface area contributed by atoms with Crippen molar-refractivity contribution in [2.45, 2.75) is 0 Å². The molecule has 2 aromatic heterocycles. The van der Waals surface area contributed by atoms with Crippen LogP contribution < -0.4 is 0 Å². The van der Waals surface area contributed by atoms with Gasteiger partial charge < -0.3 is 5.11 Å². The van der Waals surface area contributed by atoms with E-state index in [-0.39, 0.29) is 12.4 Å². The van der Waals surface area contributed by atoms with Crippen molar-refractivity contribution < 1.29 is 9.50 Å². The van der Waals surface area contributed by atoms with Crippen LogP contribution in [0.5, 0.6) is 0 Å². The first kappa shape index (κ1) is 11.0. The summed E-state index contributed by atoms with van der Waals surface area (Å²) in [6.45, 7) is -0.283. The SMILES string of the molecule is OC/C=C(/F)c1cc(-c2ccncc2)cs1. The molecule has 0 radical (unpaired) electrons. The first-order valence-electron chi connectivity index (χ1n) is 4.77. The summed E-state index contributed by atoms with van der Waals surface area (Å²) in [6.07, 6.45) is 4.56. The number of aromatic nitrogens is 1. The zero-order chi connectivity index (χ0) is 11.4. The third-order valence-electron chi connectivity index (χ3n) is 2.12. The number of rotatable bonds is 3. The monoisotopic (exact) mass is 235 g/mol. The molecule has 0 unspecified atom stereocenters. The van der Waals surface area contributed by atoms with Gasteiger partial charge in [0.25, 0.3) is 0 Å². The van der Waals surface area contributed by atoms with Gasteiger partial charge in [0, 0.05) is 12.4 Å². The van der Waals surface area contributed by atoms with Crippen LogP contribution in [0.1, 0.15) is 4.88 Å². The second kappa shape index (κ2) is 5.01. The van der Waals surface area contributed by atoms with Crippen molar-refractivity contribution in [2.75, 3.05) is 6.61 Å². The van der Waals surface area contributed by atoms with E-state index in [2.05, 4.69) is 4.98 Å². The Bertz CT molecular complexity index is 493. The van der Waals surface area contributed by atoms with E-state index in [1.54, 1.807) is 18.5 Å². The Morgan fingerprint density at radius 2 is 2.12 bits per heavy atom. The molecule has 0 bridgehead atoms. The average molecular weight is 235 g/mol. The molecule has 2 aromatic rings. The van der Waals surface area contributed by atoms with Crippen LogP contribution in [0, 0.1) is 0 Å². The van der Waals surface area contributed by atoms with Crippen LogP contribution in [0.15, 0.2) is 42.0 Å². The van der Waals surface area contributed by atoms with Gasteiger partial charge in [-0.3, -0.25) is 4.98 Å². The summed E-state index contributed by atoms with van der Waals surface area (Å²) in [5, 5.41) is 10.5. The van der Waals surface area contributed by atoms with E-state index in [0.717, 1.165) is 17.2 Å². The van der Waals surface area contributed by atoms with Gasteiger partial charge in [0.2, 0.25) is 0 Å². The molecule has 16 heavy (non-hydrogen) atoms. The summed E-state index contributed by atoms with van der Waals surface area (Å²) in [5.74, 6) is -0.382. The molecular weight excluding hydrogens is 225 g/mol. The van der Waals surface area contributed by atoms with E-state index in [0.29, 0.717) is 4.88 Å². The first-order chi connectivity index (χ1) is 7.81. The highest BCUT2D eigenvalue weighted by molar-refractivity contribution is 7.11. The van der Waals surface area contributed by atoms with Crippen LogP contribution in [-0.2, 0) is 0 Å². The molecule has 2 nitrogen and oxygen atoms in total. The maximum absolute atomic E-state index is 13.4. The largest absolute Gasteiger partial charge is 0.392 e. The lowest BCUT2D eigenvalue weighted by atomic mass is 10.1. The van der Waals surface area contributed by atoms with Crippen molar-refractivity contribution in [3.05, 3.63) is 46.9 Å². The van der Waals surface area contributed by atoms with Gasteiger partial charge in [-0.25, -0.2) is 4.39 Å². The fourth-order valence-corrected chi connectivity index (χ4v) is 2.19. The lowest BCUT2D eigenvalue weighted by Gasteiger charge is -1.94. The van der Waals surface area contributed by atoms with Crippen molar-refractivity contribution in [1.29, 1.82) is 0 Å². The third-order valence-corrected chi connectivity index (χ3v) is 3.06. The lowest BCUT2D eigenvalue weighted by Crippen LogP contribution is -1.76. The van der Waals surface area contributed by atoms with E-state index in [9.17, 15) is 4.39 Å². The van der Waals surface area contributed by atoms with E-state index in [1.165, 1.54) is 11.3 Å². The Balaban J connectivity index is 2.30. The number of thiophene rings is 1. The molecular formula is C12H10FNOS. The molecule has 0 aliphatic carbocycles. The smallest absolute Gasteiger partial charge is 0.138 e. The summed E-state index contributed by atoms with van der Waals surface area (Å²) in [7, 11) is 0. The molecule has 1 N–H and O–H groups in total. The number of hydrogen-bond donors (Lipinski definition) is 1. The van der Waals surface area contributed by atoms with E-state index < -0.39 is 0 Å². The van der Waals surface area contributed by atoms with Gasteiger partial charge in [-0.15, -0.1) is 11.3 Å². The molecule has 4 heteroatoms. The number of pyridine rings is 1. The second-order valence-corrected chi connectivity index (χ2v) is 4.08. The summed E-state index contributed by atoms with van der Waals surface area (Å²) in [6, 6.07) is 5.51. The third kappa shape index (κ3) is 2.35. The Hall–Kier alpha value is -1.52. The predicted molar refractivity (Wildman–Crippen MR) is 63.7 cm³/mol. The average Bonchev–Trinajstić information content (AvgIpc) is 2.80. The minimum atomic E-state index is -0.382. The Morgan fingerprint density at radius 1 is 1.38 bits per heavy atom. The maximum atomic E-state index is 13.4. The molecule has 2 heterocycles. The zero-order valence-electron chi connectivity index (χ0n) is 8.43. The molecule has 82 valence electrons. The van der Waals surface area contributed by atoms with E-state index in [4.69, 9.17) is 5.11 Å². The van der Waals surface area contributed by atoms with Crippen LogP contribution in [0.3, 0.4) is 0 Å². The zero-order valence-corrected chi connectivity index (χ0v) is 9.25. The molecule has 0 amide bonds. The topological polar surface area (TPSA) is 33.1 Å². The number of aliphatic hydroxyl groups is 1. The predicted octanol–water partition coefficient (Wildman–Crippen LogP) is 3.11. The number of hydrogen-bond acceptors (Lipinski definition) is 3. The summed E-state index contributed by atoms with van der Waals surface area (Å²) >= 11 is 1.32. The van der Waals surface area contributed by atoms with Gasteiger partial charge in [-0.1, -0.05) is 0 Å². The molecule has 0 spiro atoms. The van der Waals surface area contributed by atoms with Crippen molar-refractivity contribution in [3.63, 3.8) is 0 Å².